The third-order valence-electron chi connectivity index (χ3n) is 7.73. The van der Waals surface area contributed by atoms with E-state index in [4.69, 9.17) is 4.98 Å². The van der Waals surface area contributed by atoms with Crippen LogP contribution in [-0.2, 0) is 0 Å². The van der Waals surface area contributed by atoms with Gasteiger partial charge in [0.05, 0.1) is 16.9 Å². The molecule has 6 heteroatoms. The minimum absolute atomic E-state index is 0.0170. The van der Waals surface area contributed by atoms with Crippen LogP contribution in [0.1, 0.15) is 79.8 Å². The number of anilines is 1. The van der Waals surface area contributed by atoms with Gasteiger partial charge in [0.15, 0.2) is 0 Å². The normalized spacial score (nSPS) is 36.7. The van der Waals surface area contributed by atoms with Crippen molar-refractivity contribution in [3.8, 4) is 0 Å². The van der Waals surface area contributed by atoms with Gasteiger partial charge >= 0.3 is 0 Å². The molecule has 5 aliphatic rings. The molecule has 5 saturated carbocycles. The van der Waals surface area contributed by atoms with Gasteiger partial charge in [0.25, 0.3) is 5.91 Å². The monoisotopic (exact) mass is 384 g/mol. The first-order valence-corrected chi connectivity index (χ1v) is 11.0. The van der Waals surface area contributed by atoms with E-state index in [0.29, 0.717) is 35.2 Å². The molecule has 4 bridgehead atoms. The van der Waals surface area contributed by atoms with Crippen LogP contribution in [-0.4, -0.2) is 46.7 Å². The third kappa shape index (κ3) is 3.10. The molecule has 5 fully saturated rings. The van der Waals surface area contributed by atoms with Gasteiger partial charge in [-0.3, -0.25) is 4.79 Å². The predicted octanol–water partition coefficient (Wildman–Crippen LogP) is 2.87. The van der Waals surface area contributed by atoms with Crippen molar-refractivity contribution in [2.24, 2.45) is 17.8 Å². The molecule has 0 radical (unpaired) electrons. The first kappa shape index (κ1) is 18.3. The minimum Gasteiger partial charge on any atom is -0.390 e. The van der Waals surface area contributed by atoms with Gasteiger partial charge in [-0.05, 0) is 62.7 Å². The van der Waals surface area contributed by atoms with E-state index >= 15 is 0 Å². The Morgan fingerprint density at radius 2 is 1.86 bits per heavy atom. The zero-order valence-electron chi connectivity index (χ0n) is 17.0. The fourth-order valence-corrected chi connectivity index (χ4v) is 6.73. The van der Waals surface area contributed by atoms with Crippen molar-refractivity contribution < 1.29 is 9.90 Å². The maximum absolute atomic E-state index is 13.3. The smallest absolute Gasteiger partial charge is 0.254 e. The number of carbonyl (C=O) groups excluding carboxylic acids is 1. The summed E-state index contributed by atoms with van der Waals surface area (Å²) < 4.78 is 0. The number of nitrogens with one attached hydrogen (secondary N) is 1. The maximum Gasteiger partial charge on any atom is 0.254 e. The van der Waals surface area contributed by atoms with Crippen LogP contribution in [0.5, 0.6) is 0 Å². The summed E-state index contributed by atoms with van der Waals surface area (Å²) in [5, 5.41) is 14.2. The number of carbonyl (C=O) groups is 1. The van der Waals surface area contributed by atoms with Crippen molar-refractivity contribution in [3.05, 3.63) is 17.5 Å². The van der Waals surface area contributed by atoms with Crippen molar-refractivity contribution >= 4 is 11.9 Å². The van der Waals surface area contributed by atoms with E-state index in [1.165, 1.54) is 12.8 Å². The second kappa shape index (κ2) is 6.68. The second-order valence-electron chi connectivity index (χ2n) is 10.0. The van der Waals surface area contributed by atoms with Crippen LogP contribution >= 0.6 is 0 Å². The lowest BCUT2D eigenvalue weighted by atomic mass is 9.52. The Morgan fingerprint density at radius 1 is 1.18 bits per heavy atom. The molecule has 6 nitrogen and oxygen atoms in total. The first-order chi connectivity index (χ1) is 13.4. The molecule has 1 aromatic rings. The molecule has 2 atom stereocenters. The molecule has 2 unspecified atom stereocenters. The zero-order chi connectivity index (χ0) is 19.5. The lowest BCUT2D eigenvalue weighted by Gasteiger charge is -2.58. The average molecular weight is 385 g/mol. The Labute approximate surface area is 167 Å². The van der Waals surface area contributed by atoms with Crippen molar-refractivity contribution in [3.63, 3.8) is 0 Å². The van der Waals surface area contributed by atoms with Gasteiger partial charge < -0.3 is 15.3 Å². The number of aromatic nitrogens is 2. The summed E-state index contributed by atoms with van der Waals surface area (Å²) in [6, 6.07) is 0.189. The first-order valence-electron chi connectivity index (χ1n) is 11.0. The van der Waals surface area contributed by atoms with Gasteiger partial charge in [0, 0.05) is 32.3 Å². The Bertz CT molecular complexity index is 758. The van der Waals surface area contributed by atoms with Crippen LogP contribution in [0.25, 0.3) is 0 Å². The number of nitrogens with zero attached hydrogens (tertiary/aromatic N) is 3. The van der Waals surface area contributed by atoms with Crippen LogP contribution < -0.4 is 10.2 Å². The molecule has 0 aliphatic heterocycles. The highest BCUT2D eigenvalue weighted by atomic mass is 16.3. The highest BCUT2D eigenvalue weighted by Crippen LogP contribution is 2.55. The van der Waals surface area contributed by atoms with Crippen LogP contribution in [0.2, 0.25) is 0 Å². The Kier molecular flexibility index (Phi) is 4.38. The third-order valence-corrected chi connectivity index (χ3v) is 7.73. The molecule has 0 saturated heterocycles. The fourth-order valence-electron chi connectivity index (χ4n) is 6.73. The molecule has 28 heavy (non-hydrogen) atoms. The number of rotatable bonds is 4. The molecule has 2 N–H and O–H groups in total. The van der Waals surface area contributed by atoms with Crippen LogP contribution in [0.15, 0.2) is 6.20 Å². The number of hydrogen-bond donors (Lipinski definition) is 2. The van der Waals surface area contributed by atoms with E-state index < -0.39 is 5.60 Å². The molecular formula is C22H32N4O2. The van der Waals surface area contributed by atoms with Crippen molar-refractivity contribution in [2.45, 2.75) is 75.3 Å². The summed E-state index contributed by atoms with van der Waals surface area (Å²) in [5.74, 6) is 2.50. The van der Waals surface area contributed by atoms with Gasteiger partial charge in [0.1, 0.15) is 0 Å². The van der Waals surface area contributed by atoms with Gasteiger partial charge in [-0.15, -0.1) is 0 Å². The summed E-state index contributed by atoms with van der Waals surface area (Å²) in [6.45, 7) is 0. The number of hydrogen-bond acceptors (Lipinski definition) is 5. The highest BCUT2D eigenvalue weighted by molar-refractivity contribution is 5.95. The van der Waals surface area contributed by atoms with Crippen LogP contribution in [0.4, 0.5) is 5.95 Å². The second-order valence-corrected chi connectivity index (χ2v) is 10.0. The predicted molar refractivity (Wildman–Crippen MR) is 107 cm³/mol. The molecule has 0 aromatic carbocycles. The Hall–Kier alpha value is -1.69. The molecule has 6 rings (SSSR count). The SMILES string of the molecule is CN(C)c1ncc(C(=O)NC2C3CC4CC2CC(O)(C4)C3)c(C2CCCC2)n1. The summed E-state index contributed by atoms with van der Waals surface area (Å²) in [4.78, 5) is 24.4. The molecule has 1 amide bonds. The molecule has 152 valence electrons. The summed E-state index contributed by atoms with van der Waals surface area (Å²) in [5.41, 5.74) is 1.12. The standard InChI is InChI=1S/C22H32N4O2/c1-26(2)21-23-12-17(19(25-21)14-5-3-4-6-14)20(27)24-18-15-7-13-8-16(18)11-22(28,9-13)10-15/h12-16,18,28H,3-11H2,1-2H3,(H,24,27). The Morgan fingerprint density at radius 3 is 2.46 bits per heavy atom. The molecule has 5 aliphatic carbocycles. The highest BCUT2D eigenvalue weighted by Gasteiger charge is 2.55. The zero-order valence-corrected chi connectivity index (χ0v) is 17.0. The van der Waals surface area contributed by atoms with Crippen molar-refractivity contribution in [1.82, 2.24) is 15.3 Å². The van der Waals surface area contributed by atoms with Crippen LogP contribution in [0.3, 0.4) is 0 Å². The van der Waals surface area contributed by atoms with Gasteiger partial charge in [0.2, 0.25) is 5.95 Å². The van der Waals surface area contributed by atoms with E-state index in [2.05, 4.69) is 10.3 Å². The number of aliphatic hydroxyl groups is 1. The molecule has 1 aromatic heterocycles. The Balaban J connectivity index is 1.39. The van der Waals surface area contributed by atoms with E-state index in [0.717, 1.165) is 50.6 Å². The van der Waals surface area contributed by atoms with E-state index in [1.807, 2.05) is 19.0 Å². The molecular weight excluding hydrogens is 352 g/mol. The largest absolute Gasteiger partial charge is 0.390 e. The molecule has 0 spiro atoms. The summed E-state index contributed by atoms with van der Waals surface area (Å²) >= 11 is 0. The molecule has 1 heterocycles. The van der Waals surface area contributed by atoms with E-state index in [9.17, 15) is 9.90 Å². The van der Waals surface area contributed by atoms with Gasteiger partial charge in [-0.2, -0.15) is 0 Å². The summed E-state index contributed by atoms with van der Waals surface area (Å²) in [7, 11) is 3.87. The average Bonchev–Trinajstić information content (AvgIpc) is 3.17. The number of amides is 1. The maximum atomic E-state index is 13.3. The van der Waals surface area contributed by atoms with Crippen molar-refractivity contribution in [2.75, 3.05) is 19.0 Å². The fraction of sp³-hybridized carbons (Fsp3) is 0.773. The topological polar surface area (TPSA) is 78.4 Å². The van der Waals surface area contributed by atoms with Gasteiger partial charge in [-0.1, -0.05) is 12.8 Å². The minimum atomic E-state index is -0.469. The van der Waals surface area contributed by atoms with E-state index in [1.54, 1.807) is 6.20 Å². The van der Waals surface area contributed by atoms with Gasteiger partial charge in [-0.25, -0.2) is 9.97 Å². The quantitative estimate of drug-likeness (QED) is 0.835. The van der Waals surface area contributed by atoms with Crippen LogP contribution in [0, 0.1) is 17.8 Å². The lowest BCUT2D eigenvalue weighted by Crippen LogP contribution is -2.61. The lowest BCUT2D eigenvalue weighted by molar-refractivity contribution is -0.136. The van der Waals surface area contributed by atoms with Crippen molar-refractivity contribution in [1.29, 1.82) is 0 Å². The van der Waals surface area contributed by atoms with E-state index in [-0.39, 0.29) is 11.9 Å². The summed E-state index contributed by atoms with van der Waals surface area (Å²) in [6.07, 6.45) is 11.3.